The second kappa shape index (κ2) is 7.61. The lowest BCUT2D eigenvalue weighted by atomic mass is 10.1. The molecule has 0 unspecified atom stereocenters. The summed E-state index contributed by atoms with van der Waals surface area (Å²) in [7, 11) is 0. The molecule has 1 aromatic heterocycles. The molecule has 0 radical (unpaired) electrons. The molecule has 4 rings (SSSR count). The maximum Gasteiger partial charge on any atom is 0.333 e. The van der Waals surface area contributed by atoms with E-state index in [1.165, 1.54) is 12.5 Å². The third-order valence-corrected chi connectivity index (χ3v) is 4.23. The Morgan fingerprint density at radius 3 is 2.70 bits per heavy atom. The number of hydrogen-bond acceptors (Lipinski definition) is 5. The van der Waals surface area contributed by atoms with Crippen LogP contribution >= 0.6 is 0 Å². The van der Waals surface area contributed by atoms with Crippen LogP contribution in [0, 0.1) is 0 Å². The van der Waals surface area contributed by atoms with Crippen LogP contribution in [0.3, 0.4) is 0 Å². The van der Waals surface area contributed by atoms with Gasteiger partial charge in [0.1, 0.15) is 12.4 Å². The number of phenols is 1. The molecule has 3 heterocycles. The first-order valence-electron chi connectivity index (χ1n) is 8.97. The van der Waals surface area contributed by atoms with Crippen LogP contribution in [0.4, 0.5) is 0 Å². The third-order valence-electron chi connectivity index (χ3n) is 4.23. The standard InChI is InChI=1S/C18H14N2O4.C3H8/c1-2-10-9-24-16(22)7-15-17-12(8-20(15)18(10)23)5-11-6-13(21)3-4-14(11)19-17;1-3-2/h2-7,21H,8-9H2,1H3;3H2,1-2H3/b10-2?,15-7-;. The molecule has 0 aliphatic carbocycles. The summed E-state index contributed by atoms with van der Waals surface area (Å²) in [6.07, 6.45) is 4.22. The second-order valence-corrected chi connectivity index (χ2v) is 6.42. The number of amides is 1. The minimum Gasteiger partial charge on any atom is -0.508 e. The van der Waals surface area contributed by atoms with E-state index in [1.54, 1.807) is 36.1 Å². The van der Waals surface area contributed by atoms with Gasteiger partial charge in [0.2, 0.25) is 0 Å². The first kappa shape index (κ1) is 18.6. The molecule has 0 bridgehead atoms. The molecule has 2 aromatic rings. The lowest BCUT2D eigenvalue weighted by molar-refractivity contribution is -0.138. The minimum atomic E-state index is -0.498. The summed E-state index contributed by atoms with van der Waals surface area (Å²) < 4.78 is 5.09. The van der Waals surface area contributed by atoms with Crippen molar-refractivity contribution in [2.75, 3.05) is 6.61 Å². The molecule has 1 N–H and O–H groups in total. The summed E-state index contributed by atoms with van der Waals surface area (Å²) in [5.74, 6) is -0.535. The average Bonchev–Trinajstić information content (AvgIpc) is 2.97. The van der Waals surface area contributed by atoms with Crippen LogP contribution in [0.1, 0.15) is 38.4 Å². The van der Waals surface area contributed by atoms with E-state index in [-0.39, 0.29) is 18.3 Å². The van der Waals surface area contributed by atoms with Gasteiger partial charge in [-0.3, -0.25) is 4.79 Å². The van der Waals surface area contributed by atoms with Crippen LogP contribution in [0.15, 0.2) is 42.0 Å². The van der Waals surface area contributed by atoms with Gasteiger partial charge in [0, 0.05) is 17.0 Å². The van der Waals surface area contributed by atoms with Crippen molar-refractivity contribution in [3.63, 3.8) is 0 Å². The van der Waals surface area contributed by atoms with E-state index < -0.39 is 5.97 Å². The zero-order chi connectivity index (χ0) is 19.6. The summed E-state index contributed by atoms with van der Waals surface area (Å²) in [4.78, 5) is 30.8. The number of rotatable bonds is 0. The van der Waals surface area contributed by atoms with Gasteiger partial charge >= 0.3 is 5.97 Å². The fraction of sp³-hybridized carbons (Fsp3) is 0.286. The van der Waals surface area contributed by atoms with Gasteiger partial charge in [-0.15, -0.1) is 0 Å². The number of nitrogens with zero attached hydrogens (tertiary/aromatic N) is 2. The highest BCUT2D eigenvalue weighted by Crippen LogP contribution is 2.35. The zero-order valence-electron chi connectivity index (χ0n) is 15.7. The number of aromatic nitrogens is 1. The van der Waals surface area contributed by atoms with Crippen LogP contribution in [0.5, 0.6) is 5.75 Å². The summed E-state index contributed by atoms with van der Waals surface area (Å²) in [5, 5.41) is 10.4. The number of fused-ring (bicyclic) bond motifs is 4. The maximum absolute atomic E-state index is 12.7. The molecule has 6 nitrogen and oxygen atoms in total. The van der Waals surface area contributed by atoms with Gasteiger partial charge in [-0.25, -0.2) is 9.78 Å². The third kappa shape index (κ3) is 3.56. The normalized spacial score (nSPS) is 19.3. The SMILES string of the molecule is CC=C1COC(=O)/C=C2/c3nc4ccc(O)cc4cc3CN2C1=O.CCC. The van der Waals surface area contributed by atoms with E-state index in [9.17, 15) is 14.7 Å². The van der Waals surface area contributed by atoms with Gasteiger partial charge in [0.25, 0.3) is 5.91 Å². The van der Waals surface area contributed by atoms with Gasteiger partial charge in [-0.1, -0.05) is 26.3 Å². The number of benzene rings is 1. The van der Waals surface area contributed by atoms with Crippen LogP contribution in [0.2, 0.25) is 0 Å². The molecule has 0 saturated carbocycles. The molecule has 0 fully saturated rings. The summed E-state index contributed by atoms with van der Waals surface area (Å²) in [6.45, 7) is 6.29. The minimum absolute atomic E-state index is 0.0337. The molecular formula is C21H22N2O4. The number of esters is 1. The number of aromatic hydroxyl groups is 1. The predicted octanol–water partition coefficient (Wildman–Crippen LogP) is 3.54. The first-order chi connectivity index (χ1) is 13.0. The number of hydrogen-bond donors (Lipinski definition) is 1. The van der Waals surface area contributed by atoms with Gasteiger partial charge in [-0.05, 0) is 31.2 Å². The first-order valence-corrected chi connectivity index (χ1v) is 8.97. The van der Waals surface area contributed by atoms with Gasteiger partial charge < -0.3 is 14.7 Å². The highest BCUT2D eigenvalue weighted by atomic mass is 16.5. The van der Waals surface area contributed by atoms with Crippen molar-refractivity contribution in [1.82, 2.24) is 9.88 Å². The molecule has 2 aliphatic rings. The largest absolute Gasteiger partial charge is 0.508 e. The summed E-state index contributed by atoms with van der Waals surface area (Å²) >= 11 is 0. The number of carbonyl (C=O) groups excluding carboxylic acids is 2. The molecule has 27 heavy (non-hydrogen) atoms. The Bertz CT molecular complexity index is 976. The van der Waals surface area contributed by atoms with Crippen molar-refractivity contribution in [1.29, 1.82) is 0 Å². The topological polar surface area (TPSA) is 79.7 Å². The highest BCUT2D eigenvalue weighted by molar-refractivity contribution is 6.05. The number of cyclic esters (lactones) is 1. The van der Waals surface area contributed by atoms with E-state index in [2.05, 4.69) is 18.8 Å². The Morgan fingerprint density at radius 1 is 1.26 bits per heavy atom. The molecule has 1 aromatic carbocycles. The van der Waals surface area contributed by atoms with Crippen LogP contribution in [-0.4, -0.2) is 33.5 Å². The van der Waals surface area contributed by atoms with E-state index in [4.69, 9.17) is 4.74 Å². The summed E-state index contributed by atoms with van der Waals surface area (Å²) in [6, 6.07) is 6.77. The monoisotopic (exact) mass is 366 g/mol. The van der Waals surface area contributed by atoms with Crippen LogP contribution in [0.25, 0.3) is 16.6 Å². The molecule has 0 atom stereocenters. The number of ether oxygens (including phenoxy) is 1. The van der Waals surface area contributed by atoms with Crippen LogP contribution in [-0.2, 0) is 20.9 Å². The van der Waals surface area contributed by atoms with Gasteiger partial charge in [0.05, 0.1) is 29.0 Å². The quantitative estimate of drug-likeness (QED) is 0.570. The van der Waals surface area contributed by atoms with Crippen molar-refractivity contribution in [3.05, 3.63) is 53.2 Å². The van der Waals surface area contributed by atoms with Crippen molar-refractivity contribution in [2.45, 2.75) is 33.7 Å². The number of allylic oxidation sites excluding steroid dienone is 1. The molecule has 0 saturated heterocycles. The maximum atomic E-state index is 12.7. The summed E-state index contributed by atoms with van der Waals surface area (Å²) in [5.41, 5.74) is 3.00. The Morgan fingerprint density at radius 2 is 2.00 bits per heavy atom. The molecular weight excluding hydrogens is 344 g/mol. The van der Waals surface area contributed by atoms with Crippen molar-refractivity contribution in [2.24, 2.45) is 0 Å². The van der Waals surface area contributed by atoms with Crippen LogP contribution < -0.4 is 0 Å². The highest BCUT2D eigenvalue weighted by Gasteiger charge is 2.34. The lowest BCUT2D eigenvalue weighted by Crippen LogP contribution is -2.30. The number of pyridine rings is 1. The molecule has 0 spiro atoms. The number of phenolic OH excluding ortho intramolecular Hbond substituents is 1. The van der Waals surface area contributed by atoms with Crippen molar-refractivity contribution >= 4 is 28.5 Å². The predicted molar refractivity (Wildman–Crippen MR) is 103 cm³/mol. The van der Waals surface area contributed by atoms with E-state index >= 15 is 0 Å². The second-order valence-electron chi connectivity index (χ2n) is 6.42. The Labute approximate surface area is 157 Å². The number of carbonyl (C=O) groups is 2. The van der Waals surface area contributed by atoms with Gasteiger partial charge in [0.15, 0.2) is 0 Å². The molecule has 2 aliphatic heterocycles. The Hall–Kier alpha value is -3.15. The van der Waals surface area contributed by atoms with Gasteiger partial charge in [-0.2, -0.15) is 0 Å². The van der Waals surface area contributed by atoms with E-state index in [0.717, 1.165) is 10.9 Å². The lowest BCUT2D eigenvalue weighted by Gasteiger charge is -2.21. The Balaban J connectivity index is 0.000000659. The molecule has 1 amide bonds. The van der Waals surface area contributed by atoms with Crippen molar-refractivity contribution in [3.8, 4) is 5.75 Å². The van der Waals surface area contributed by atoms with Crippen molar-refractivity contribution < 1.29 is 19.4 Å². The fourth-order valence-electron chi connectivity index (χ4n) is 3.00. The average molecular weight is 366 g/mol. The van der Waals surface area contributed by atoms with E-state index in [1.807, 2.05) is 6.07 Å². The van der Waals surface area contributed by atoms with E-state index in [0.29, 0.717) is 29.0 Å². The fourth-order valence-corrected chi connectivity index (χ4v) is 3.00. The smallest absolute Gasteiger partial charge is 0.333 e. The Kier molecular flexibility index (Phi) is 5.26. The molecule has 140 valence electrons. The molecule has 6 heteroatoms. The zero-order valence-corrected chi connectivity index (χ0v) is 15.7.